The minimum Gasteiger partial charge on any atom is -0.497 e. The number of ether oxygens (including phenoxy) is 2. The zero-order valence-electron chi connectivity index (χ0n) is 9.28. The molecule has 0 N–H and O–H groups in total. The first-order valence-electron chi connectivity index (χ1n) is 5.02. The molecule has 0 saturated heterocycles. The van der Waals surface area contributed by atoms with Gasteiger partial charge < -0.3 is 9.47 Å². The number of benzene rings is 1. The van der Waals surface area contributed by atoms with Crippen molar-refractivity contribution in [3.05, 3.63) is 23.3 Å². The van der Waals surface area contributed by atoms with Crippen LogP contribution in [0.2, 0.25) is 0 Å². The lowest BCUT2D eigenvalue weighted by molar-refractivity contribution is 0.392. The fourth-order valence-corrected chi connectivity index (χ4v) is 1.83. The highest BCUT2D eigenvalue weighted by Gasteiger charge is 2.16. The first-order chi connectivity index (χ1) is 7.24. The molecule has 80 valence electrons. The first-order valence-corrected chi connectivity index (χ1v) is 5.02. The molecule has 0 unspecified atom stereocenters. The number of rotatable bonds is 2. The summed E-state index contributed by atoms with van der Waals surface area (Å²) in [5.74, 6) is 1.67. The lowest BCUT2D eigenvalue weighted by Crippen LogP contribution is -2.12. The second kappa shape index (κ2) is 3.93. The van der Waals surface area contributed by atoms with Crippen molar-refractivity contribution in [2.24, 2.45) is 4.99 Å². The Morgan fingerprint density at radius 3 is 2.73 bits per heavy atom. The van der Waals surface area contributed by atoms with Crippen LogP contribution in [-0.2, 0) is 6.42 Å². The van der Waals surface area contributed by atoms with Gasteiger partial charge in [-0.05, 0) is 25.0 Å². The van der Waals surface area contributed by atoms with Crippen molar-refractivity contribution in [3.8, 4) is 11.5 Å². The Morgan fingerprint density at radius 2 is 2.07 bits per heavy atom. The summed E-state index contributed by atoms with van der Waals surface area (Å²) in [6, 6.07) is 4.29. The summed E-state index contributed by atoms with van der Waals surface area (Å²) in [6.07, 6.45) is 2.83. The summed E-state index contributed by atoms with van der Waals surface area (Å²) < 4.78 is 10.6. The third kappa shape index (κ3) is 1.82. The van der Waals surface area contributed by atoms with E-state index in [2.05, 4.69) is 18.0 Å². The molecule has 3 nitrogen and oxygen atoms in total. The Bertz CT molecular complexity index is 399. The van der Waals surface area contributed by atoms with E-state index in [1.165, 1.54) is 5.56 Å². The zero-order valence-corrected chi connectivity index (χ0v) is 9.28. The lowest BCUT2D eigenvalue weighted by Gasteiger charge is -2.18. The standard InChI is InChI=1S/C12H15NO2/c1-8-4-9-5-10(14-2)6-12(15-3)11(9)7-13-8/h5-8H,4H2,1-3H3/t8-/m1/s1. The largest absolute Gasteiger partial charge is 0.497 e. The summed E-state index contributed by atoms with van der Waals surface area (Å²) >= 11 is 0. The average molecular weight is 205 g/mol. The lowest BCUT2D eigenvalue weighted by atomic mass is 9.98. The van der Waals surface area contributed by atoms with E-state index in [-0.39, 0.29) is 0 Å². The fourth-order valence-electron chi connectivity index (χ4n) is 1.83. The predicted octanol–water partition coefficient (Wildman–Crippen LogP) is 2.07. The van der Waals surface area contributed by atoms with Gasteiger partial charge in [0.25, 0.3) is 0 Å². The summed E-state index contributed by atoms with van der Waals surface area (Å²) in [4.78, 5) is 4.39. The highest BCUT2D eigenvalue weighted by atomic mass is 16.5. The van der Waals surface area contributed by atoms with Gasteiger partial charge in [0.05, 0.1) is 20.3 Å². The SMILES string of the molecule is COc1cc2c(c(OC)c1)C=N[C@H](C)C2. The molecular weight excluding hydrogens is 190 g/mol. The van der Waals surface area contributed by atoms with Crippen LogP contribution in [0.3, 0.4) is 0 Å². The van der Waals surface area contributed by atoms with Crippen LogP contribution >= 0.6 is 0 Å². The van der Waals surface area contributed by atoms with Crippen LogP contribution in [0.25, 0.3) is 0 Å². The number of methoxy groups -OCH3 is 2. The van der Waals surface area contributed by atoms with Gasteiger partial charge in [0.2, 0.25) is 0 Å². The van der Waals surface area contributed by atoms with Crippen molar-refractivity contribution >= 4 is 6.21 Å². The number of hydrogen-bond acceptors (Lipinski definition) is 3. The Balaban J connectivity index is 2.52. The van der Waals surface area contributed by atoms with Crippen LogP contribution in [0.15, 0.2) is 17.1 Å². The Labute approximate surface area is 89.7 Å². The van der Waals surface area contributed by atoms with Crippen LogP contribution in [0, 0.1) is 0 Å². The normalized spacial score (nSPS) is 18.5. The van der Waals surface area contributed by atoms with Crippen molar-refractivity contribution in [3.63, 3.8) is 0 Å². The van der Waals surface area contributed by atoms with E-state index >= 15 is 0 Å². The topological polar surface area (TPSA) is 30.8 Å². The third-order valence-corrected chi connectivity index (χ3v) is 2.63. The summed E-state index contributed by atoms with van der Waals surface area (Å²) in [5.41, 5.74) is 2.32. The van der Waals surface area contributed by atoms with Gasteiger partial charge in [-0.25, -0.2) is 0 Å². The maximum Gasteiger partial charge on any atom is 0.131 e. The van der Waals surface area contributed by atoms with Crippen molar-refractivity contribution in [2.75, 3.05) is 14.2 Å². The number of aliphatic imine (C=N–C) groups is 1. The highest BCUT2D eigenvalue weighted by Crippen LogP contribution is 2.30. The van der Waals surface area contributed by atoms with Crippen molar-refractivity contribution in [1.82, 2.24) is 0 Å². The second-order valence-corrected chi connectivity index (χ2v) is 3.73. The molecule has 1 aromatic carbocycles. The van der Waals surface area contributed by atoms with Gasteiger partial charge in [-0.2, -0.15) is 0 Å². The van der Waals surface area contributed by atoms with Crippen LogP contribution in [0.1, 0.15) is 18.1 Å². The molecule has 0 aromatic heterocycles. The smallest absolute Gasteiger partial charge is 0.131 e. The molecule has 0 amide bonds. The van der Waals surface area contributed by atoms with Crippen LogP contribution < -0.4 is 9.47 Å². The molecule has 0 aliphatic carbocycles. The van der Waals surface area contributed by atoms with Crippen LogP contribution in [0.5, 0.6) is 11.5 Å². The summed E-state index contributed by atoms with van der Waals surface area (Å²) in [5, 5.41) is 0. The highest BCUT2D eigenvalue weighted by molar-refractivity contribution is 5.87. The van der Waals surface area contributed by atoms with Gasteiger partial charge in [-0.15, -0.1) is 0 Å². The summed E-state index contributed by atoms with van der Waals surface area (Å²) in [7, 11) is 3.34. The van der Waals surface area contributed by atoms with Gasteiger partial charge in [-0.1, -0.05) is 0 Å². The molecule has 1 aromatic rings. The van der Waals surface area contributed by atoms with E-state index < -0.39 is 0 Å². The van der Waals surface area contributed by atoms with Gasteiger partial charge in [0, 0.05) is 17.8 Å². The maximum atomic E-state index is 5.32. The fraction of sp³-hybridized carbons (Fsp3) is 0.417. The van der Waals surface area contributed by atoms with E-state index in [1.807, 2.05) is 12.3 Å². The van der Waals surface area contributed by atoms with Crippen molar-refractivity contribution < 1.29 is 9.47 Å². The van der Waals surface area contributed by atoms with Gasteiger partial charge in [0.1, 0.15) is 11.5 Å². The molecule has 0 radical (unpaired) electrons. The van der Waals surface area contributed by atoms with Gasteiger partial charge >= 0.3 is 0 Å². The number of nitrogens with zero attached hydrogens (tertiary/aromatic N) is 1. The van der Waals surface area contributed by atoms with Crippen LogP contribution in [0.4, 0.5) is 0 Å². The van der Waals surface area contributed by atoms with Gasteiger partial charge in [-0.3, -0.25) is 4.99 Å². The van der Waals surface area contributed by atoms with E-state index in [9.17, 15) is 0 Å². The van der Waals surface area contributed by atoms with Crippen molar-refractivity contribution in [1.29, 1.82) is 0 Å². The molecular formula is C12H15NO2. The molecule has 15 heavy (non-hydrogen) atoms. The quantitative estimate of drug-likeness (QED) is 0.740. The van der Waals surface area contributed by atoms with Crippen molar-refractivity contribution in [2.45, 2.75) is 19.4 Å². The molecule has 1 heterocycles. The predicted molar refractivity (Wildman–Crippen MR) is 60.3 cm³/mol. The minimum atomic E-state index is 0.342. The minimum absolute atomic E-state index is 0.342. The van der Waals surface area contributed by atoms with E-state index in [0.717, 1.165) is 23.5 Å². The van der Waals surface area contributed by atoms with E-state index in [0.29, 0.717) is 6.04 Å². The van der Waals surface area contributed by atoms with Gasteiger partial charge in [0.15, 0.2) is 0 Å². The Kier molecular flexibility index (Phi) is 2.62. The zero-order chi connectivity index (χ0) is 10.8. The van der Waals surface area contributed by atoms with E-state index in [4.69, 9.17) is 9.47 Å². The number of fused-ring (bicyclic) bond motifs is 1. The molecule has 1 aliphatic rings. The van der Waals surface area contributed by atoms with Crippen LogP contribution in [-0.4, -0.2) is 26.5 Å². The molecule has 0 fully saturated rings. The van der Waals surface area contributed by atoms with E-state index in [1.54, 1.807) is 14.2 Å². The second-order valence-electron chi connectivity index (χ2n) is 3.73. The number of hydrogen-bond donors (Lipinski definition) is 0. The molecule has 1 aliphatic heterocycles. The Hall–Kier alpha value is -1.51. The molecule has 0 saturated carbocycles. The monoisotopic (exact) mass is 205 g/mol. The molecule has 1 atom stereocenters. The molecule has 0 bridgehead atoms. The molecule has 2 rings (SSSR count). The summed E-state index contributed by atoms with van der Waals surface area (Å²) in [6.45, 7) is 2.10. The average Bonchev–Trinajstić information content (AvgIpc) is 2.26. The maximum absolute atomic E-state index is 5.32. The Morgan fingerprint density at radius 1 is 1.27 bits per heavy atom. The third-order valence-electron chi connectivity index (χ3n) is 2.63. The first kappa shape index (κ1) is 10.0. The molecule has 0 spiro atoms. The molecule has 3 heteroatoms.